The van der Waals surface area contributed by atoms with Gasteiger partial charge in [0, 0.05) is 37.7 Å². The fourth-order valence-electron chi connectivity index (χ4n) is 4.31. The Morgan fingerprint density at radius 1 is 1.14 bits per heavy atom. The van der Waals surface area contributed by atoms with Crippen molar-refractivity contribution in [1.82, 2.24) is 41.3 Å². The number of nitrogens with one attached hydrogen (secondary N) is 4. The summed E-state index contributed by atoms with van der Waals surface area (Å²) in [5.74, 6) is 0.823. The van der Waals surface area contributed by atoms with E-state index in [2.05, 4.69) is 36.9 Å². The molecule has 4 rings (SSSR count). The quantitative estimate of drug-likeness (QED) is 0.358. The van der Waals surface area contributed by atoms with Crippen LogP contribution < -0.4 is 21.6 Å². The van der Waals surface area contributed by atoms with Gasteiger partial charge in [0.05, 0.1) is 12.6 Å². The predicted octanol–water partition coefficient (Wildman–Crippen LogP) is 1.81. The Bertz CT molecular complexity index is 1010. The van der Waals surface area contributed by atoms with Gasteiger partial charge in [0.25, 0.3) is 5.91 Å². The van der Waals surface area contributed by atoms with Gasteiger partial charge in [-0.2, -0.15) is 0 Å². The fraction of sp³-hybridized carbons (Fsp3) is 0.542. The zero-order valence-corrected chi connectivity index (χ0v) is 20.3. The average Bonchev–Trinajstić information content (AvgIpc) is 3.52. The lowest BCUT2D eigenvalue weighted by Gasteiger charge is -2.21. The van der Waals surface area contributed by atoms with E-state index in [1.165, 1.54) is 32.1 Å². The van der Waals surface area contributed by atoms with E-state index in [0.29, 0.717) is 24.0 Å². The Morgan fingerprint density at radius 3 is 2.77 bits per heavy atom. The highest BCUT2D eigenvalue weighted by atomic mass is 16.2. The number of hydrogen-bond donors (Lipinski definition) is 4. The summed E-state index contributed by atoms with van der Waals surface area (Å²) in [4.78, 5) is 28.8. The molecule has 0 spiro atoms. The molecule has 0 aromatic carbocycles. The van der Waals surface area contributed by atoms with E-state index in [1.54, 1.807) is 17.1 Å². The molecule has 11 heteroatoms. The van der Waals surface area contributed by atoms with Crippen LogP contribution in [0.3, 0.4) is 0 Å². The lowest BCUT2D eigenvalue weighted by molar-refractivity contribution is -0.118. The van der Waals surface area contributed by atoms with Gasteiger partial charge >= 0.3 is 0 Å². The number of pyridine rings is 1. The van der Waals surface area contributed by atoms with Crippen LogP contribution in [0, 0.1) is 12.8 Å². The van der Waals surface area contributed by atoms with Gasteiger partial charge < -0.3 is 10.6 Å². The van der Waals surface area contributed by atoms with Gasteiger partial charge in [-0.25, -0.2) is 0 Å². The van der Waals surface area contributed by atoms with Crippen molar-refractivity contribution in [2.24, 2.45) is 5.92 Å². The van der Waals surface area contributed by atoms with Gasteiger partial charge in [-0.3, -0.25) is 29.7 Å². The van der Waals surface area contributed by atoms with Crippen LogP contribution in [0.4, 0.5) is 5.82 Å². The van der Waals surface area contributed by atoms with Gasteiger partial charge in [-0.05, 0) is 50.2 Å². The molecular weight excluding hydrogens is 446 g/mol. The molecule has 0 unspecified atom stereocenters. The number of carbonyl (C=O) groups is 2. The maximum absolute atomic E-state index is 12.4. The molecule has 0 saturated heterocycles. The highest BCUT2D eigenvalue weighted by Gasteiger charge is 2.19. The van der Waals surface area contributed by atoms with Crippen molar-refractivity contribution >= 4 is 17.6 Å². The van der Waals surface area contributed by atoms with Crippen molar-refractivity contribution in [3.63, 3.8) is 0 Å². The summed E-state index contributed by atoms with van der Waals surface area (Å²) in [5.41, 5.74) is 8.27. The minimum absolute atomic E-state index is 0.0681. The molecule has 0 atom stereocenters. The molecular formula is C24H35N9O2. The molecule has 1 aliphatic carbocycles. The molecule has 4 N–H and O–H groups in total. The molecule has 188 valence electrons. The van der Waals surface area contributed by atoms with E-state index >= 15 is 0 Å². The number of hydrogen-bond acceptors (Lipinski definition) is 8. The standard InChI is InChI=1S/C24H35N9O2/c1-18-9-10-20(15-25-18)13-23(34)27-22-17-33(31-29-22)12-6-5-11-32-16-21(28-30-32)24(35)26-14-19-7-3-2-4-8-19/h9-10,15-17,19,28,30H,2-8,11-14H2,1H3,(H,26,35)(H,27,34). The minimum Gasteiger partial charge on any atom is -0.350 e. The summed E-state index contributed by atoms with van der Waals surface area (Å²) in [5, 5.41) is 15.8. The summed E-state index contributed by atoms with van der Waals surface area (Å²) in [7, 11) is 0. The third kappa shape index (κ3) is 7.78. The first-order valence-corrected chi connectivity index (χ1v) is 12.4. The molecule has 11 nitrogen and oxygen atoms in total. The van der Waals surface area contributed by atoms with Crippen molar-refractivity contribution < 1.29 is 9.59 Å². The first kappa shape index (κ1) is 24.6. The number of hydrazine groups is 2. The van der Waals surface area contributed by atoms with Gasteiger partial charge in [0.15, 0.2) is 5.82 Å². The molecule has 2 aromatic heterocycles. The van der Waals surface area contributed by atoms with Crippen LogP contribution in [-0.4, -0.2) is 49.9 Å². The monoisotopic (exact) mass is 481 g/mol. The van der Waals surface area contributed by atoms with E-state index < -0.39 is 0 Å². The molecule has 35 heavy (non-hydrogen) atoms. The molecule has 1 aliphatic heterocycles. The Balaban J connectivity index is 1.11. The van der Waals surface area contributed by atoms with Crippen molar-refractivity contribution in [2.75, 3.05) is 18.4 Å². The lowest BCUT2D eigenvalue weighted by Crippen LogP contribution is -2.40. The normalized spacial score (nSPS) is 16.0. The molecule has 2 aliphatic rings. The van der Waals surface area contributed by atoms with Gasteiger partial charge in [0.2, 0.25) is 5.91 Å². The molecule has 1 fully saturated rings. The Labute approximate surface area is 205 Å². The molecule has 2 aromatic rings. The highest BCUT2D eigenvalue weighted by molar-refractivity contribution is 5.93. The van der Waals surface area contributed by atoms with E-state index in [9.17, 15) is 9.59 Å². The molecule has 3 heterocycles. The van der Waals surface area contributed by atoms with Crippen LogP contribution in [-0.2, 0) is 22.6 Å². The summed E-state index contributed by atoms with van der Waals surface area (Å²) >= 11 is 0. The van der Waals surface area contributed by atoms with Crippen LogP contribution in [0.2, 0.25) is 0 Å². The number of unbranched alkanes of at least 4 members (excludes halogenated alkanes) is 1. The maximum Gasteiger partial charge on any atom is 0.270 e. The fourth-order valence-corrected chi connectivity index (χ4v) is 4.31. The van der Waals surface area contributed by atoms with Crippen LogP contribution in [0.15, 0.2) is 36.4 Å². The molecule has 1 saturated carbocycles. The molecule has 2 amide bonds. The highest BCUT2D eigenvalue weighted by Crippen LogP contribution is 2.22. The first-order valence-electron chi connectivity index (χ1n) is 12.4. The van der Waals surface area contributed by atoms with Crippen molar-refractivity contribution in [3.05, 3.63) is 47.7 Å². The number of amides is 2. The van der Waals surface area contributed by atoms with E-state index in [-0.39, 0.29) is 18.2 Å². The topological polar surface area (TPSA) is 129 Å². The smallest absolute Gasteiger partial charge is 0.270 e. The van der Waals surface area contributed by atoms with E-state index in [0.717, 1.165) is 37.2 Å². The van der Waals surface area contributed by atoms with Gasteiger partial charge in [0.1, 0.15) is 5.70 Å². The summed E-state index contributed by atoms with van der Waals surface area (Å²) in [6.45, 7) is 4.09. The summed E-state index contributed by atoms with van der Waals surface area (Å²) in [6.07, 6.45) is 13.5. The van der Waals surface area contributed by atoms with Crippen molar-refractivity contribution in [3.8, 4) is 0 Å². The summed E-state index contributed by atoms with van der Waals surface area (Å²) in [6, 6.07) is 3.78. The van der Waals surface area contributed by atoms with Crippen LogP contribution in [0.5, 0.6) is 0 Å². The van der Waals surface area contributed by atoms with Gasteiger partial charge in [-0.1, -0.05) is 30.5 Å². The van der Waals surface area contributed by atoms with Crippen LogP contribution in [0.1, 0.15) is 56.2 Å². The first-order chi connectivity index (χ1) is 17.0. The maximum atomic E-state index is 12.4. The third-order valence-electron chi connectivity index (χ3n) is 6.32. The number of anilines is 1. The van der Waals surface area contributed by atoms with Crippen molar-refractivity contribution in [1.29, 1.82) is 0 Å². The average molecular weight is 482 g/mol. The third-order valence-corrected chi connectivity index (χ3v) is 6.32. The summed E-state index contributed by atoms with van der Waals surface area (Å²) < 4.78 is 1.72. The number of carbonyl (C=O) groups excluding carboxylic acids is 2. The largest absolute Gasteiger partial charge is 0.350 e. The zero-order valence-electron chi connectivity index (χ0n) is 20.3. The minimum atomic E-state index is -0.152. The second kappa shape index (κ2) is 12.3. The Hall–Kier alpha value is -3.47. The number of rotatable bonds is 11. The lowest BCUT2D eigenvalue weighted by atomic mass is 9.89. The van der Waals surface area contributed by atoms with E-state index in [1.807, 2.05) is 30.3 Å². The molecule has 0 bridgehead atoms. The SMILES string of the molecule is Cc1ccc(CC(=O)Nc2cn(CCCCN3C=C(C(=O)NCC4CCCCC4)NN3)nn2)cn1. The van der Waals surface area contributed by atoms with Crippen LogP contribution >= 0.6 is 0 Å². The zero-order chi connectivity index (χ0) is 24.5. The predicted molar refractivity (Wildman–Crippen MR) is 131 cm³/mol. The van der Waals surface area contributed by atoms with Crippen molar-refractivity contribution in [2.45, 2.75) is 64.8 Å². The van der Waals surface area contributed by atoms with Gasteiger partial charge in [-0.15, -0.1) is 10.6 Å². The van der Waals surface area contributed by atoms with E-state index in [4.69, 9.17) is 0 Å². The van der Waals surface area contributed by atoms with Crippen LogP contribution in [0.25, 0.3) is 0 Å². The second-order valence-corrected chi connectivity index (χ2v) is 9.29. The number of nitrogens with zero attached hydrogens (tertiary/aromatic N) is 5. The Kier molecular flexibility index (Phi) is 8.66. The Morgan fingerprint density at radius 2 is 1.97 bits per heavy atom. The molecule has 0 radical (unpaired) electrons. The number of aryl methyl sites for hydroxylation is 2. The number of aromatic nitrogens is 4. The second-order valence-electron chi connectivity index (χ2n) is 9.29.